The van der Waals surface area contributed by atoms with E-state index in [0.29, 0.717) is 6.04 Å². The third-order valence-corrected chi connectivity index (χ3v) is 5.79. The zero-order valence-electron chi connectivity index (χ0n) is 18.2. The van der Waals surface area contributed by atoms with E-state index < -0.39 is 0 Å². The summed E-state index contributed by atoms with van der Waals surface area (Å²) in [6.45, 7) is 15.3. The van der Waals surface area contributed by atoms with E-state index in [1.165, 1.54) is 30.3 Å². The van der Waals surface area contributed by atoms with Crippen LogP contribution in [0.2, 0.25) is 0 Å². The van der Waals surface area contributed by atoms with E-state index in [2.05, 4.69) is 69.7 Å². The van der Waals surface area contributed by atoms with Crippen LogP contribution in [0.5, 0.6) is 0 Å². The molecule has 1 aromatic carbocycles. The molecule has 0 unspecified atom stereocenters. The number of fused-ring (bicyclic) bond motifs is 1. The van der Waals surface area contributed by atoms with E-state index in [0.717, 1.165) is 29.7 Å². The van der Waals surface area contributed by atoms with Crippen LogP contribution in [-0.2, 0) is 11.8 Å². The van der Waals surface area contributed by atoms with E-state index in [-0.39, 0.29) is 5.41 Å². The van der Waals surface area contributed by atoms with Gasteiger partial charge < -0.3 is 9.88 Å². The predicted octanol–water partition coefficient (Wildman–Crippen LogP) is 5.94. The minimum absolute atomic E-state index is 0.183. The molecule has 1 aromatic heterocycles. The second kappa shape index (κ2) is 8.56. The minimum atomic E-state index is 0.183. The van der Waals surface area contributed by atoms with Crippen LogP contribution in [0.3, 0.4) is 0 Å². The Kier molecular flexibility index (Phi) is 6.90. The lowest BCUT2D eigenvalue weighted by Crippen LogP contribution is -2.45. The van der Waals surface area contributed by atoms with Gasteiger partial charge in [0.2, 0.25) is 0 Å². The third-order valence-electron chi connectivity index (χ3n) is 5.79. The fourth-order valence-corrected chi connectivity index (χ4v) is 3.68. The van der Waals surface area contributed by atoms with E-state index in [4.69, 9.17) is 4.98 Å². The first-order chi connectivity index (χ1) is 12.2. The molecule has 0 spiro atoms. The topological polar surface area (TPSA) is 31.9 Å². The summed E-state index contributed by atoms with van der Waals surface area (Å²) < 4.78 is 0. The number of aromatic amines is 1. The number of hydrogen-bond donors (Lipinski definition) is 1. The molecule has 146 valence electrons. The lowest BCUT2D eigenvalue weighted by Gasteiger charge is -2.43. The molecule has 1 fully saturated rings. The highest BCUT2D eigenvalue weighted by Crippen LogP contribution is 2.35. The van der Waals surface area contributed by atoms with Crippen molar-refractivity contribution in [2.75, 3.05) is 7.05 Å². The van der Waals surface area contributed by atoms with Crippen molar-refractivity contribution in [1.29, 1.82) is 0 Å². The van der Waals surface area contributed by atoms with Gasteiger partial charge in [-0.2, -0.15) is 0 Å². The standard InChI is InChI=1S/C21H33N3.C2H6/c1-14(2)24(6)17-11-15(12-17)7-10-20-22-18-9-8-16(21(3,4)5)13-19(18)23-20;1-2/h8-9,13-15,17H,7,10-12H2,1-6H3,(H,22,23);1-2H3. The Morgan fingerprint density at radius 3 is 2.42 bits per heavy atom. The normalized spacial score (nSPS) is 20.2. The number of nitrogens with one attached hydrogen (secondary N) is 1. The van der Waals surface area contributed by atoms with Gasteiger partial charge in [0.15, 0.2) is 0 Å². The Balaban J connectivity index is 0.00000117. The largest absolute Gasteiger partial charge is 0.342 e. The maximum atomic E-state index is 4.78. The molecule has 3 rings (SSSR count). The second-order valence-electron chi connectivity index (χ2n) is 8.95. The molecule has 0 atom stereocenters. The van der Waals surface area contributed by atoms with Crippen LogP contribution in [0.15, 0.2) is 18.2 Å². The van der Waals surface area contributed by atoms with Crippen molar-refractivity contribution in [3.8, 4) is 0 Å². The number of aromatic nitrogens is 2. The smallest absolute Gasteiger partial charge is 0.107 e. The van der Waals surface area contributed by atoms with E-state index in [9.17, 15) is 0 Å². The number of aryl methyl sites for hydroxylation is 1. The van der Waals surface area contributed by atoms with Crippen molar-refractivity contribution in [2.45, 2.75) is 91.6 Å². The van der Waals surface area contributed by atoms with Crippen LogP contribution in [-0.4, -0.2) is 34.0 Å². The maximum absolute atomic E-state index is 4.78. The summed E-state index contributed by atoms with van der Waals surface area (Å²) in [5, 5.41) is 0. The average molecular weight is 358 g/mol. The van der Waals surface area contributed by atoms with Gasteiger partial charge in [-0.3, -0.25) is 0 Å². The van der Waals surface area contributed by atoms with Gasteiger partial charge in [-0.15, -0.1) is 0 Å². The van der Waals surface area contributed by atoms with Gasteiger partial charge in [0.05, 0.1) is 11.0 Å². The summed E-state index contributed by atoms with van der Waals surface area (Å²) in [5.74, 6) is 2.02. The van der Waals surface area contributed by atoms with Gasteiger partial charge in [0, 0.05) is 18.5 Å². The molecular formula is C23H39N3. The number of hydrogen-bond acceptors (Lipinski definition) is 2. The molecule has 1 aliphatic rings. The molecule has 0 amide bonds. The SMILES string of the molecule is CC.CC(C)N(C)C1CC(CCc2nc3ccc(C(C)(C)C)cc3[nH]2)C1. The highest BCUT2D eigenvalue weighted by molar-refractivity contribution is 5.76. The third kappa shape index (κ3) is 4.88. The Hall–Kier alpha value is -1.35. The Bertz CT molecular complexity index is 687. The minimum Gasteiger partial charge on any atom is -0.342 e. The summed E-state index contributed by atoms with van der Waals surface area (Å²) in [6, 6.07) is 8.09. The fraction of sp³-hybridized carbons (Fsp3) is 0.696. The zero-order chi connectivity index (χ0) is 19.5. The summed E-state index contributed by atoms with van der Waals surface area (Å²) in [6.07, 6.45) is 5.03. The Morgan fingerprint density at radius 2 is 1.85 bits per heavy atom. The van der Waals surface area contributed by atoms with Gasteiger partial charge in [-0.25, -0.2) is 4.98 Å². The molecule has 0 aliphatic heterocycles. The molecule has 3 heteroatoms. The van der Waals surface area contributed by atoms with Gasteiger partial charge >= 0.3 is 0 Å². The molecule has 2 aromatic rings. The average Bonchev–Trinajstić information content (AvgIpc) is 2.96. The highest BCUT2D eigenvalue weighted by Gasteiger charge is 2.32. The van der Waals surface area contributed by atoms with Crippen LogP contribution in [0.1, 0.15) is 79.1 Å². The number of H-pyrrole nitrogens is 1. The van der Waals surface area contributed by atoms with Crippen molar-refractivity contribution < 1.29 is 0 Å². The number of rotatable bonds is 5. The van der Waals surface area contributed by atoms with Gasteiger partial charge in [0.1, 0.15) is 5.82 Å². The van der Waals surface area contributed by atoms with Crippen molar-refractivity contribution in [1.82, 2.24) is 14.9 Å². The summed E-state index contributed by atoms with van der Waals surface area (Å²) >= 11 is 0. The van der Waals surface area contributed by atoms with Gasteiger partial charge in [0.25, 0.3) is 0 Å². The lowest BCUT2D eigenvalue weighted by atomic mass is 9.76. The van der Waals surface area contributed by atoms with Crippen molar-refractivity contribution in [2.24, 2.45) is 5.92 Å². The van der Waals surface area contributed by atoms with Crippen molar-refractivity contribution in [3.05, 3.63) is 29.6 Å². The number of imidazole rings is 1. The molecule has 26 heavy (non-hydrogen) atoms. The molecule has 1 N–H and O–H groups in total. The summed E-state index contributed by atoms with van der Waals surface area (Å²) in [5.41, 5.74) is 3.83. The highest BCUT2D eigenvalue weighted by atomic mass is 15.2. The molecule has 1 aliphatic carbocycles. The molecule has 0 saturated heterocycles. The lowest BCUT2D eigenvalue weighted by molar-refractivity contribution is 0.0730. The molecule has 0 radical (unpaired) electrons. The Labute approximate surface area is 160 Å². The molecule has 0 bridgehead atoms. The van der Waals surface area contributed by atoms with Crippen LogP contribution in [0, 0.1) is 5.92 Å². The molecule has 1 heterocycles. The van der Waals surface area contributed by atoms with E-state index in [1.54, 1.807) is 0 Å². The van der Waals surface area contributed by atoms with Gasteiger partial charge in [-0.1, -0.05) is 40.7 Å². The van der Waals surface area contributed by atoms with Crippen LogP contribution >= 0.6 is 0 Å². The maximum Gasteiger partial charge on any atom is 0.107 e. The summed E-state index contributed by atoms with van der Waals surface area (Å²) in [4.78, 5) is 10.8. The van der Waals surface area contributed by atoms with Gasteiger partial charge in [-0.05, 0) is 69.2 Å². The van der Waals surface area contributed by atoms with Crippen LogP contribution in [0.4, 0.5) is 0 Å². The van der Waals surface area contributed by atoms with Crippen molar-refractivity contribution in [3.63, 3.8) is 0 Å². The number of benzene rings is 1. The Morgan fingerprint density at radius 1 is 1.19 bits per heavy atom. The molecule has 1 saturated carbocycles. The zero-order valence-corrected chi connectivity index (χ0v) is 18.2. The first kappa shape index (κ1) is 21.0. The monoisotopic (exact) mass is 357 g/mol. The first-order valence-electron chi connectivity index (χ1n) is 10.4. The first-order valence-corrected chi connectivity index (χ1v) is 10.4. The van der Waals surface area contributed by atoms with Crippen LogP contribution < -0.4 is 0 Å². The summed E-state index contributed by atoms with van der Waals surface area (Å²) in [7, 11) is 2.26. The van der Waals surface area contributed by atoms with E-state index >= 15 is 0 Å². The quantitative estimate of drug-likeness (QED) is 0.718. The van der Waals surface area contributed by atoms with Crippen molar-refractivity contribution >= 4 is 11.0 Å². The fourth-order valence-electron chi connectivity index (χ4n) is 3.68. The number of nitrogens with zero attached hydrogens (tertiary/aromatic N) is 2. The molecular weight excluding hydrogens is 318 g/mol. The molecule has 3 nitrogen and oxygen atoms in total. The van der Waals surface area contributed by atoms with E-state index in [1.807, 2.05) is 13.8 Å². The van der Waals surface area contributed by atoms with Crippen LogP contribution in [0.25, 0.3) is 11.0 Å². The predicted molar refractivity (Wildman–Crippen MR) is 114 cm³/mol. The second-order valence-corrected chi connectivity index (χ2v) is 8.95.